The Labute approximate surface area is 163 Å². The summed E-state index contributed by atoms with van der Waals surface area (Å²) in [7, 11) is 0. The van der Waals surface area contributed by atoms with E-state index in [4.69, 9.17) is 20.8 Å². The van der Waals surface area contributed by atoms with Gasteiger partial charge in [0.05, 0.1) is 5.75 Å². The first-order valence-electron chi connectivity index (χ1n) is 8.15. The van der Waals surface area contributed by atoms with Gasteiger partial charge in [-0.1, -0.05) is 41.6 Å². The van der Waals surface area contributed by atoms with Gasteiger partial charge in [-0.2, -0.15) is 0 Å². The first kappa shape index (κ1) is 16.3. The minimum atomic E-state index is -0.367. The molecule has 1 aromatic heterocycles. The Hall–Kier alpha value is -2.84. The Morgan fingerprint density at radius 1 is 1.07 bits per heavy atom. The van der Waals surface area contributed by atoms with Gasteiger partial charge >= 0.3 is 0 Å². The lowest BCUT2D eigenvalue weighted by molar-refractivity contribution is 0.276. The highest BCUT2D eigenvalue weighted by atomic mass is 35.5. The average molecular weight is 398 g/mol. The SMILES string of the molecule is Clc1ccc2c(c1)C1=NN=C(CSc3nnc(-c4ccccc4)o3)OC1N2. The maximum absolute atomic E-state index is 6.06. The van der Waals surface area contributed by atoms with Crippen molar-refractivity contribution in [1.82, 2.24) is 10.2 Å². The number of thioether (sulfide) groups is 1. The van der Waals surface area contributed by atoms with Crippen molar-refractivity contribution in [3.05, 3.63) is 59.1 Å². The molecule has 3 heterocycles. The van der Waals surface area contributed by atoms with Gasteiger partial charge in [0.15, 0.2) is 0 Å². The maximum atomic E-state index is 6.06. The second-order valence-corrected chi connectivity index (χ2v) is 7.20. The van der Waals surface area contributed by atoms with Gasteiger partial charge < -0.3 is 14.5 Å². The van der Waals surface area contributed by atoms with Crippen molar-refractivity contribution in [1.29, 1.82) is 0 Å². The molecule has 2 aliphatic rings. The third-order valence-corrected chi connectivity index (χ3v) is 5.10. The fourth-order valence-corrected chi connectivity index (χ4v) is 3.60. The van der Waals surface area contributed by atoms with E-state index in [2.05, 4.69) is 25.7 Å². The molecule has 2 aliphatic heterocycles. The van der Waals surface area contributed by atoms with Gasteiger partial charge in [-0.15, -0.1) is 20.4 Å². The van der Waals surface area contributed by atoms with Crippen molar-refractivity contribution in [2.24, 2.45) is 10.2 Å². The molecule has 0 amide bonds. The van der Waals surface area contributed by atoms with Crippen LogP contribution >= 0.6 is 23.4 Å². The molecule has 0 aliphatic carbocycles. The van der Waals surface area contributed by atoms with Crippen LogP contribution in [0.5, 0.6) is 0 Å². The quantitative estimate of drug-likeness (QED) is 0.668. The Morgan fingerprint density at radius 2 is 1.96 bits per heavy atom. The van der Waals surface area contributed by atoms with Crippen LogP contribution in [0.4, 0.5) is 5.69 Å². The third kappa shape index (κ3) is 3.17. The second-order valence-electron chi connectivity index (χ2n) is 5.84. The molecular formula is C18H12ClN5O2S. The molecule has 0 saturated carbocycles. The van der Waals surface area contributed by atoms with Crippen LogP contribution in [0.25, 0.3) is 11.5 Å². The van der Waals surface area contributed by atoms with Gasteiger partial charge in [0.1, 0.15) is 5.71 Å². The smallest absolute Gasteiger partial charge is 0.277 e. The first-order valence-corrected chi connectivity index (χ1v) is 9.52. The van der Waals surface area contributed by atoms with Crippen LogP contribution in [0.1, 0.15) is 5.56 Å². The molecule has 9 heteroatoms. The number of hydrogen-bond acceptors (Lipinski definition) is 8. The predicted molar refractivity (Wildman–Crippen MR) is 104 cm³/mol. The molecule has 7 nitrogen and oxygen atoms in total. The van der Waals surface area contributed by atoms with Gasteiger partial charge in [-0.05, 0) is 30.3 Å². The monoisotopic (exact) mass is 397 g/mol. The van der Waals surface area contributed by atoms with Crippen LogP contribution in [0.3, 0.4) is 0 Å². The van der Waals surface area contributed by atoms with Gasteiger partial charge in [-0.3, -0.25) is 0 Å². The number of ether oxygens (including phenoxy) is 1. The molecule has 1 atom stereocenters. The van der Waals surface area contributed by atoms with Crippen LogP contribution in [-0.2, 0) is 4.74 Å². The fraction of sp³-hybridized carbons (Fsp3) is 0.111. The largest absolute Gasteiger partial charge is 0.449 e. The molecule has 134 valence electrons. The number of benzene rings is 2. The topological polar surface area (TPSA) is 84.9 Å². The summed E-state index contributed by atoms with van der Waals surface area (Å²) in [4.78, 5) is 0. The Bertz CT molecular complexity index is 1070. The van der Waals surface area contributed by atoms with E-state index in [1.807, 2.05) is 48.5 Å². The molecule has 0 spiro atoms. The zero-order chi connectivity index (χ0) is 18.2. The molecule has 27 heavy (non-hydrogen) atoms. The summed E-state index contributed by atoms with van der Waals surface area (Å²) >= 11 is 7.41. The minimum absolute atomic E-state index is 0.367. The van der Waals surface area contributed by atoms with E-state index in [0.29, 0.717) is 27.8 Å². The highest BCUT2D eigenvalue weighted by Gasteiger charge is 2.33. The summed E-state index contributed by atoms with van der Waals surface area (Å²) in [6.07, 6.45) is -0.367. The van der Waals surface area contributed by atoms with Crippen molar-refractivity contribution in [3.63, 3.8) is 0 Å². The maximum Gasteiger partial charge on any atom is 0.277 e. The van der Waals surface area contributed by atoms with Crippen molar-refractivity contribution in [3.8, 4) is 11.5 Å². The molecule has 0 saturated heterocycles. The highest BCUT2D eigenvalue weighted by Crippen LogP contribution is 2.32. The van der Waals surface area contributed by atoms with E-state index in [1.54, 1.807) is 0 Å². The summed E-state index contributed by atoms with van der Waals surface area (Å²) in [5, 5.41) is 21.0. The molecule has 0 radical (unpaired) electrons. The first-order chi connectivity index (χ1) is 13.3. The standard InChI is InChI=1S/C18H12ClN5O2S/c19-11-6-7-13-12(8-11)15-17(20-13)25-14(21-22-15)9-27-18-24-23-16(26-18)10-4-2-1-3-5-10/h1-8,17,20H,9H2. The summed E-state index contributed by atoms with van der Waals surface area (Å²) in [6.45, 7) is 0. The minimum Gasteiger partial charge on any atom is -0.449 e. The van der Waals surface area contributed by atoms with E-state index in [0.717, 1.165) is 22.5 Å². The number of nitrogens with one attached hydrogen (secondary N) is 1. The van der Waals surface area contributed by atoms with E-state index < -0.39 is 0 Å². The summed E-state index contributed by atoms with van der Waals surface area (Å²) in [6, 6.07) is 15.2. The van der Waals surface area contributed by atoms with Crippen LogP contribution in [0.15, 0.2) is 68.4 Å². The summed E-state index contributed by atoms with van der Waals surface area (Å²) < 4.78 is 11.6. The zero-order valence-corrected chi connectivity index (χ0v) is 15.4. The lowest BCUT2D eigenvalue weighted by atomic mass is 10.1. The lowest BCUT2D eigenvalue weighted by Gasteiger charge is -2.18. The molecule has 0 fully saturated rings. The van der Waals surface area contributed by atoms with E-state index >= 15 is 0 Å². The molecule has 1 N–H and O–H groups in total. The van der Waals surface area contributed by atoms with Crippen molar-refractivity contribution >= 4 is 40.7 Å². The summed E-state index contributed by atoms with van der Waals surface area (Å²) in [5.74, 6) is 1.40. The van der Waals surface area contributed by atoms with E-state index in [1.165, 1.54) is 11.8 Å². The number of halogens is 1. The molecule has 1 unspecified atom stereocenters. The zero-order valence-electron chi connectivity index (χ0n) is 13.8. The third-order valence-electron chi connectivity index (χ3n) is 4.06. The molecule has 5 rings (SSSR count). The Balaban J connectivity index is 1.28. The van der Waals surface area contributed by atoms with Gasteiger partial charge in [-0.25, -0.2) is 0 Å². The van der Waals surface area contributed by atoms with Crippen molar-refractivity contribution < 1.29 is 9.15 Å². The van der Waals surface area contributed by atoms with Crippen molar-refractivity contribution in [2.75, 3.05) is 11.1 Å². The highest BCUT2D eigenvalue weighted by molar-refractivity contribution is 7.99. The molecular weight excluding hydrogens is 386 g/mol. The molecule has 3 aromatic rings. The fourth-order valence-electron chi connectivity index (χ4n) is 2.82. The Morgan fingerprint density at radius 3 is 2.85 bits per heavy atom. The van der Waals surface area contributed by atoms with Crippen molar-refractivity contribution in [2.45, 2.75) is 11.5 Å². The second kappa shape index (κ2) is 6.71. The summed E-state index contributed by atoms with van der Waals surface area (Å²) in [5.41, 5.74) is 3.44. The van der Waals surface area contributed by atoms with Crippen LogP contribution in [-0.4, -0.2) is 33.8 Å². The number of nitrogens with zero attached hydrogens (tertiary/aromatic N) is 4. The van der Waals surface area contributed by atoms with E-state index in [9.17, 15) is 0 Å². The van der Waals surface area contributed by atoms with Gasteiger partial charge in [0.2, 0.25) is 18.0 Å². The predicted octanol–water partition coefficient (Wildman–Crippen LogP) is 4.07. The van der Waals surface area contributed by atoms with E-state index in [-0.39, 0.29) is 6.23 Å². The van der Waals surface area contributed by atoms with Crippen LogP contribution in [0.2, 0.25) is 5.02 Å². The molecule has 0 bridgehead atoms. The Kier molecular flexibility index (Phi) is 4.06. The molecule has 2 aromatic carbocycles. The van der Waals surface area contributed by atoms with Gasteiger partial charge in [0, 0.05) is 21.8 Å². The average Bonchev–Trinajstić information content (AvgIpc) is 3.31. The number of anilines is 1. The number of hydrogen-bond donors (Lipinski definition) is 1. The van der Waals surface area contributed by atoms with Crippen LogP contribution in [0, 0.1) is 0 Å². The van der Waals surface area contributed by atoms with Gasteiger partial charge in [0.25, 0.3) is 5.22 Å². The van der Waals surface area contributed by atoms with Crippen LogP contribution < -0.4 is 5.32 Å². The lowest BCUT2D eigenvalue weighted by Crippen LogP contribution is -2.32. The normalized spacial score (nSPS) is 17.3. The number of rotatable bonds is 4. The number of fused-ring (bicyclic) bond motifs is 3. The number of aromatic nitrogens is 2.